The highest BCUT2D eigenvalue weighted by Gasteiger charge is 2.35. The van der Waals surface area contributed by atoms with Crippen LogP contribution in [0.4, 0.5) is 5.69 Å². The van der Waals surface area contributed by atoms with Crippen molar-refractivity contribution in [3.63, 3.8) is 0 Å². The van der Waals surface area contributed by atoms with E-state index in [0.29, 0.717) is 0 Å². The molecule has 0 spiro atoms. The number of amides is 1. The van der Waals surface area contributed by atoms with Gasteiger partial charge in [0, 0.05) is 0 Å². The highest BCUT2D eigenvalue weighted by Crippen LogP contribution is 2.30. The zero-order valence-electron chi connectivity index (χ0n) is 8.47. The van der Waals surface area contributed by atoms with E-state index in [0.717, 1.165) is 9.87 Å². The van der Waals surface area contributed by atoms with Crippen molar-refractivity contribution in [3.8, 4) is 5.75 Å². The minimum Gasteiger partial charge on any atom is -0.506 e. The first kappa shape index (κ1) is 10.7. The van der Waals surface area contributed by atoms with Crippen LogP contribution in [-0.2, 0) is 15.0 Å². The second-order valence-electron chi connectivity index (χ2n) is 3.53. The van der Waals surface area contributed by atoms with Crippen LogP contribution in [0, 0.1) is 6.92 Å². The topological polar surface area (TPSA) is 86.7 Å². The molecule has 0 aromatic heterocycles. The first-order valence-electron chi connectivity index (χ1n) is 4.53. The predicted molar refractivity (Wildman–Crippen MR) is 57.3 cm³/mol. The molecule has 0 aliphatic carbocycles. The summed E-state index contributed by atoms with van der Waals surface area (Å²) in [6, 6.07) is 4.56. The summed E-state index contributed by atoms with van der Waals surface area (Å²) in [5.41, 5.74) is 0.904. The smallest absolute Gasteiger partial charge is 0.326 e. The third-order valence-corrected chi connectivity index (χ3v) is 3.61. The van der Waals surface area contributed by atoms with E-state index >= 15 is 0 Å². The Morgan fingerprint density at radius 1 is 1.44 bits per heavy atom. The van der Waals surface area contributed by atoms with Crippen LogP contribution in [0.2, 0.25) is 0 Å². The van der Waals surface area contributed by atoms with Crippen LogP contribution in [0.25, 0.3) is 0 Å². The lowest BCUT2D eigenvalue weighted by atomic mass is 10.2. The second kappa shape index (κ2) is 3.38. The molecule has 1 fully saturated rings. The SMILES string of the molecule is Cc1ccc(N2CC(=O)NS2(=O)=O)c(O)c1. The third kappa shape index (κ3) is 1.69. The van der Waals surface area contributed by atoms with Crippen LogP contribution < -0.4 is 9.03 Å². The van der Waals surface area contributed by atoms with Gasteiger partial charge in [0.25, 0.3) is 5.91 Å². The van der Waals surface area contributed by atoms with Crippen molar-refractivity contribution in [1.29, 1.82) is 0 Å². The maximum Gasteiger partial charge on any atom is 0.326 e. The fourth-order valence-corrected chi connectivity index (χ4v) is 2.67. The van der Waals surface area contributed by atoms with Gasteiger partial charge in [0.15, 0.2) is 0 Å². The van der Waals surface area contributed by atoms with Gasteiger partial charge in [0.05, 0.1) is 5.69 Å². The first-order chi connectivity index (χ1) is 7.40. The van der Waals surface area contributed by atoms with Gasteiger partial charge < -0.3 is 5.11 Å². The Hall–Kier alpha value is -1.76. The summed E-state index contributed by atoms with van der Waals surface area (Å²) in [6.45, 7) is 1.46. The minimum absolute atomic E-state index is 0.101. The molecule has 1 amide bonds. The number of hydrogen-bond donors (Lipinski definition) is 2. The van der Waals surface area contributed by atoms with Crippen LogP contribution in [0.1, 0.15) is 5.56 Å². The minimum atomic E-state index is -3.85. The number of aromatic hydroxyl groups is 1. The maximum atomic E-state index is 11.5. The standard InChI is InChI=1S/C9H10N2O4S/c1-6-2-3-7(8(12)4-6)11-5-9(13)10-16(11,14)15/h2-4,12H,5H2,1H3,(H,10,13). The number of phenols is 1. The quantitative estimate of drug-likeness (QED) is 0.719. The van der Waals surface area contributed by atoms with E-state index in [2.05, 4.69) is 0 Å². The van der Waals surface area contributed by atoms with E-state index in [1.807, 2.05) is 4.72 Å². The molecule has 1 aromatic carbocycles. The van der Waals surface area contributed by atoms with Gasteiger partial charge in [-0.2, -0.15) is 8.42 Å². The largest absolute Gasteiger partial charge is 0.506 e. The Morgan fingerprint density at radius 3 is 2.62 bits per heavy atom. The molecule has 86 valence electrons. The highest BCUT2D eigenvalue weighted by molar-refractivity contribution is 7.92. The number of hydrogen-bond acceptors (Lipinski definition) is 4. The number of phenolic OH excluding ortho intramolecular Hbond substituents is 1. The van der Waals surface area contributed by atoms with Crippen molar-refractivity contribution in [2.24, 2.45) is 0 Å². The molecule has 7 heteroatoms. The zero-order valence-corrected chi connectivity index (χ0v) is 9.28. The first-order valence-corrected chi connectivity index (χ1v) is 5.97. The molecule has 1 heterocycles. The molecular weight excluding hydrogens is 232 g/mol. The van der Waals surface area contributed by atoms with Crippen molar-refractivity contribution in [2.75, 3.05) is 10.8 Å². The molecule has 6 nitrogen and oxygen atoms in total. The molecule has 16 heavy (non-hydrogen) atoms. The normalized spacial score (nSPS) is 18.6. The van der Waals surface area contributed by atoms with Crippen molar-refractivity contribution >= 4 is 21.8 Å². The lowest BCUT2D eigenvalue weighted by molar-refractivity contribution is -0.117. The molecule has 0 atom stereocenters. The average Bonchev–Trinajstić information content (AvgIpc) is 2.39. The van der Waals surface area contributed by atoms with E-state index in [9.17, 15) is 18.3 Å². The van der Waals surface area contributed by atoms with Crippen molar-refractivity contribution in [2.45, 2.75) is 6.92 Å². The van der Waals surface area contributed by atoms with Crippen molar-refractivity contribution < 1.29 is 18.3 Å². The maximum absolute atomic E-state index is 11.5. The van der Waals surface area contributed by atoms with Crippen LogP contribution in [0.5, 0.6) is 5.75 Å². The monoisotopic (exact) mass is 242 g/mol. The molecule has 1 aromatic rings. The molecule has 1 aliphatic heterocycles. The second-order valence-corrected chi connectivity index (χ2v) is 5.12. The molecule has 0 radical (unpaired) electrons. The van der Waals surface area contributed by atoms with Gasteiger partial charge in [0.1, 0.15) is 12.3 Å². The zero-order chi connectivity index (χ0) is 11.9. The number of nitrogens with one attached hydrogen (secondary N) is 1. The van der Waals surface area contributed by atoms with E-state index in [1.54, 1.807) is 13.0 Å². The number of nitrogens with zero attached hydrogens (tertiary/aromatic N) is 1. The Morgan fingerprint density at radius 2 is 2.12 bits per heavy atom. The van der Waals surface area contributed by atoms with Crippen LogP contribution >= 0.6 is 0 Å². The predicted octanol–water partition coefficient (Wildman–Crippen LogP) is -0.118. The van der Waals surface area contributed by atoms with Crippen LogP contribution in [0.3, 0.4) is 0 Å². The summed E-state index contributed by atoms with van der Waals surface area (Å²) in [7, 11) is -3.85. The number of rotatable bonds is 1. The fraction of sp³-hybridized carbons (Fsp3) is 0.222. The van der Waals surface area contributed by atoms with Crippen molar-refractivity contribution in [3.05, 3.63) is 23.8 Å². The number of carbonyl (C=O) groups is 1. The fourth-order valence-electron chi connectivity index (χ4n) is 1.51. The lowest BCUT2D eigenvalue weighted by Crippen LogP contribution is -2.29. The molecule has 0 saturated carbocycles. The van der Waals surface area contributed by atoms with Gasteiger partial charge >= 0.3 is 10.2 Å². The summed E-state index contributed by atoms with van der Waals surface area (Å²) in [4.78, 5) is 11.0. The van der Waals surface area contributed by atoms with Gasteiger partial charge in [-0.1, -0.05) is 6.07 Å². The van der Waals surface area contributed by atoms with E-state index in [-0.39, 0.29) is 18.0 Å². The number of benzene rings is 1. The molecule has 2 N–H and O–H groups in total. The molecule has 2 rings (SSSR count). The molecule has 1 aliphatic rings. The number of anilines is 1. The summed E-state index contributed by atoms with van der Waals surface area (Å²) < 4.78 is 25.7. The van der Waals surface area contributed by atoms with E-state index in [1.165, 1.54) is 12.1 Å². The van der Waals surface area contributed by atoms with Crippen LogP contribution in [-0.4, -0.2) is 26.0 Å². The molecule has 0 unspecified atom stereocenters. The highest BCUT2D eigenvalue weighted by atomic mass is 32.2. The molecule has 0 bridgehead atoms. The van der Waals surface area contributed by atoms with E-state index < -0.39 is 16.1 Å². The molecular formula is C9H10N2O4S. The number of carbonyl (C=O) groups excluding carboxylic acids is 1. The Balaban J connectivity index is 2.49. The molecule has 1 saturated heterocycles. The van der Waals surface area contributed by atoms with Gasteiger partial charge in [-0.25, -0.2) is 9.03 Å². The summed E-state index contributed by atoms with van der Waals surface area (Å²) >= 11 is 0. The Bertz CT molecular complexity index is 553. The van der Waals surface area contributed by atoms with Gasteiger partial charge in [-0.15, -0.1) is 0 Å². The summed E-state index contributed by atoms with van der Waals surface area (Å²) in [6.07, 6.45) is 0. The third-order valence-electron chi connectivity index (χ3n) is 2.22. The summed E-state index contributed by atoms with van der Waals surface area (Å²) in [5.74, 6) is -0.778. The van der Waals surface area contributed by atoms with Gasteiger partial charge in [0.2, 0.25) is 0 Å². The van der Waals surface area contributed by atoms with Crippen LogP contribution in [0.15, 0.2) is 18.2 Å². The summed E-state index contributed by atoms with van der Waals surface area (Å²) in [5, 5.41) is 9.63. The van der Waals surface area contributed by atoms with Crippen molar-refractivity contribution in [1.82, 2.24) is 4.72 Å². The van der Waals surface area contributed by atoms with E-state index in [4.69, 9.17) is 0 Å². The Labute approximate surface area is 92.7 Å². The Kier molecular flexibility index (Phi) is 2.27. The van der Waals surface area contributed by atoms with Gasteiger partial charge in [-0.3, -0.25) is 4.79 Å². The number of aryl methyl sites for hydroxylation is 1. The lowest BCUT2D eigenvalue weighted by Gasteiger charge is -2.16. The average molecular weight is 242 g/mol. The van der Waals surface area contributed by atoms with Gasteiger partial charge in [-0.05, 0) is 24.6 Å².